The topological polar surface area (TPSA) is 101 Å². The van der Waals surface area contributed by atoms with E-state index in [0.29, 0.717) is 18.5 Å². The molecule has 0 aliphatic heterocycles. The van der Waals surface area contributed by atoms with E-state index in [9.17, 15) is 4.79 Å². The van der Waals surface area contributed by atoms with E-state index in [-0.39, 0.29) is 11.7 Å². The number of hydrogen-bond donors (Lipinski definition) is 3. The van der Waals surface area contributed by atoms with Crippen LogP contribution in [-0.4, -0.2) is 28.5 Å². The summed E-state index contributed by atoms with van der Waals surface area (Å²) in [7, 11) is 0. The van der Waals surface area contributed by atoms with Crippen molar-refractivity contribution < 1.29 is 10.0 Å². The fourth-order valence-electron chi connectivity index (χ4n) is 1.94. The summed E-state index contributed by atoms with van der Waals surface area (Å²) in [6.45, 7) is 0.449. The van der Waals surface area contributed by atoms with Gasteiger partial charge in [-0.05, 0) is 5.56 Å². The maximum Gasteiger partial charge on any atom is 0.235 e. The number of nitrogens with two attached hydrogens (primary N) is 1. The van der Waals surface area contributed by atoms with Gasteiger partial charge in [-0.1, -0.05) is 35.5 Å². The van der Waals surface area contributed by atoms with E-state index in [0.717, 1.165) is 5.69 Å². The number of nitrogens with one attached hydrogen (secondary N) is 1. The van der Waals surface area contributed by atoms with Crippen LogP contribution >= 0.6 is 11.3 Å². The van der Waals surface area contributed by atoms with Gasteiger partial charge in [0, 0.05) is 18.3 Å². The van der Waals surface area contributed by atoms with Gasteiger partial charge >= 0.3 is 0 Å². The lowest BCUT2D eigenvalue weighted by molar-refractivity contribution is -0.121. The van der Waals surface area contributed by atoms with E-state index >= 15 is 0 Å². The number of carbonyl (C=O) groups excluding carboxylic acids is 1. The van der Waals surface area contributed by atoms with Crippen molar-refractivity contribution in [3.8, 4) is 0 Å². The van der Waals surface area contributed by atoms with Crippen molar-refractivity contribution in [2.24, 2.45) is 10.9 Å². The molecule has 1 unspecified atom stereocenters. The molecule has 2 aromatic rings. The molecule has 0 bridgehead atoms. The second-order valence-electron chi connectivity index (χ2n) is 4.39. The van der Waals surface area contributed by atoms with Gasteiger partial charge in [-0.2, -0.15) is 0 Å². The minimum absolute atomic E-state index is 0.132. The molecule has 1 aromatic carbocycles. The first-order chi connectivity index (χ1) is 10.2. The molecule has 21 heavy (non-hydrogen) atoms. The molecule has 0 radical (unpaired) electrons. The lowest BCUT2D eigenvalue weighted by Gasteiger charge is -2.15. The molecule has 0 saturated heterocycles. The molecule has 0 aliphatic carbocycles. The Balaban J connectivity index is 2.01. The van der Waals surface area contributed by atoms with Crippen LogP contribution in [0.3, 0.4) is 0 Å². The number of amides is 1. The molecule has 0 aliphatic rings. The first kappa shape index (κ1) is 15.0. The number of nitrogens with zero attached hydrogens (tertiary/aromatic N) is 2. The van der Waals surface area contributed by atoms with Crippen LogP contribution in [0, 0.1) is 0 Å². The summed E-state index contributed by atoms with van der Waals surface area (Å²) in [5.41, 5.74) is 9.01. The Labute approximate surface area is 126 Å². The number of thiazole rings is 1. The highest BCUT2D eigenvalue weighted by atomic mass is 32.1. The molecule has 0 saturated carbocycles. The highest BCUT2D eigenvalue weighted by Gasteiger charge is 2.24. The van der Waals surface area contributed by atoms with Gasteiger partial charge in [-0.3, -0.25) is 4.79 Å². The summed E-state index contributed by atoms with van der Waals surface area (Å²) >= 11 is 1.51. The van der Waals surface area contributed by atoms with Crippen LogP contribution in [0.25, 0.3) is 0 Å². The summed E-state index contributed by atoms with van der Waals surface area (Å²) in [5.74, 6) is -1.23. The zero-order valence-electron chi connectivity index (χ0n) is 11.3. The molecule has 0 fully saturated rings. The van der Waals surface area contributed by atoms with Crippen molar-refractivity contribution in [3.63, 3.8) is 0 Å². The van der Waals surface area contributed by atoms with Crippen LogP contribution in [-0.2, 0) is 11.2 Å². The van der Waals surface area contributed by atoms with E-state index < -0.39 is 5.92 Å². The second kappa shape index (κ2) is 7.39. The number of benzene rings is 1. The van der Waals surface area contributed by atoms with E-state index in [1.165, 1.54) is 11.3 Å². The predicted molar refractivity (Wildman–Crippen MR) is 81.4 cm³/mol. The number of aromatic nitrogens is 1. The molecule has 7 heteroatoms. The zero-order valence-corrected chi connectivity index (χ0v) is 12.1. The van der Waals surface area contributed by atoms with Crippen LogP contribution in [0.5, 0.6) is 0 Å². The number of carbonyl (C=O) groups is 1. The highest BCUT2D eigenvalue weighted by molar-refractivity contribution is 7.07. The molecular weight excluding hydrogens is 288 g/mol. The molecular formula is C14H16N4O2S. The molecule has 1 heterocycles. The van der Waals surface area contributed by atoms with Gasteiger partial charge in [0.05, 0.1) is 11.2 Å². The van der Waals surface area contributed by atoms with E-state index in [4.69, 9.17) is 10.9 Å². The lowest BCUT2D eigenvalue weighted by Crippen LogP contribution is -2.38. The Morgan fingerprint density at radius 2 is 2.19 bits per heavy atom. The lowest BCUT2D eigenvalue weighted by atomic mass is 9.97. The van der Waals surface area contributed by atoms with Crippen molar-refractivity contribution in [3.05, 3.63) is 52.5 Å². The minimum atomic E-state index is -0.799. The van der Waals surface area contributed by atoms with Crippen molar-refractivity contribution in [1.82, 2.24) is 10.3 Å². The third-order valence-corrected chi connectivity index (χ3v) is 3.61. The van der Waals surface area contributed by atoms with Gasteiger partial charge in [0.15, 0.2) is 5.84 Å². The number of rotatable bonds is 6. The number of hydrogen-bond acceptors (Lipinski definition) is 5. The zero-order chi connectivity index (χ0) is 15.1. The Bertz CT molecular complexity index is 599. The third kappa shape index (κ3) is 4.03. The minimum Gasteiger partial charge on any atom is -0.409 e. The number of oxime groups is 1. The fourth-order valence-corrected chi connectivity index (χ4v) is 2.53. The standard InChI is InChI=1S/C14H16N4O2S/c15-13(18-20)12(10-4-2-1-3-5-10)14(19)16-7-6-11-8-21-9-17-11/h1-5,8-9,12,20H,6-7H2,(H2,15,18)(H,16,19). The predicted octanol–water partition coefficient (Wildman–Crippen LogP) is 1.33. The molecule has 1 aromatic heterocycles. The van der Waals surface area contributed by atoms with Gasteiger partial charge in [-0.15, -0.1) is 11.3 Å². The van der Waals surface area contributed by atoms with Crippen LogP contribution in [0.4, 0.5) is 0 Å². The largest absolute Gasteiger partial charge is 0.409 e. The summed E-state index contributed by atoms with van der Waals surface area (Å²) in [4.78, 5) is 16.4. The second-order valence-corrected chi connectivity index (χ2v) is 5.11. The summed E-state index contributed by atoms with van der Waals surface area (Å²) in [6.07, 6.45) is 0.646. The Morgan fingerprint density at radius 1 is 1.43 bits per heavy atom. The molecule has 0 spiro atoms. The highest BCUT2D eigenvalue weighted by Crippen LogP contribution is 2.16. The van der Waals surface area contributed by atoms with Gasteiger partial charge in [0.25, 0.3) is 0 Å². The Kier molecular flexibility index (Phi) is 5.28. The van der Waals surface area contributed by atoms with Crippen molar-refractivity contribution in [1.29, 1.82) is 0 Å². The average Bonchev–Trinajstić information content (AvgIpc) is 3.01. The van der Waals surface area contributed by atoms with Crippen LogP contribution < -0.4 is 11.1 Å². The average molecular weight is 304 g/mol. The molecule has 1 amide bonds. The molecule has 110 valence electrons. The van der Waals surface area contributed by atoms with Crippen LogP contribution in [0.2, 0.25) is 0 Å². The smallest absolute Gasteiger partial charge is 0.235 e. The molecule has 1 atom stereocenters. The SMILES string of the molecule is NC(=NO)C(C(=O)NCCc1cscn1)c1ccccc1. The first-order valence-corrected chi connectivity index (χ1v) is 7.33. The van der Waals surface area contributed by atoms with Crippen molar-refractivity contribution >= 4 is 23.1 Å². The number of amidine groups is 1. The normalized spacial score (nSPS) is 12.9. The van der Waals surface area contributed by atoms with Gasteiger partial charge in [0.2, 0.25) is 5.91 Å². The summed E-state index contributed by atoms with van der Waals surface area (Å²) in [5, 5.41) is 16.6. The van der Waals surface area contributed by atoms with Gasteiger partial charge in [0.1, 0.15) is 5.92 Å². The maximum absolute atomic E-state index is 12.3. The fraction of sp³-hybridized carbons (Fsp3) is 0.214. The van der Waals surface area contributed by atoms with E-state index in [2.05, 4.69) is 15.5 Å². The van der Waals surface area contributed by atoms with E-state index in [1.54, 1.807) is 29.8 Å². The van der Waals surface area contributed by atoms with Crippen molar-refractivity contribution in [2.45, 2.75) is 12.3 Å². The van der Waals surface area contributed by atoms with E-state index in [1.807, 2.05) is 11.4 Å². The van der Waals surface area contributed by atoms with Gasteiger partial charge < -0.3 is 16.3 Å². The van der Waals surface area contributed by atoms with Gasteiger partial charge in [-0.25, -0.2) is 4.98 Å². The Morgan fingerprint density at radius 3 is 2.81 bits per heavy atom. The quantitative estimate of drug-likeness (QED) is 0.324. The van der Waals surface area contributed by atoms with Crippen LogP contribution in [0.1, 0.15) is 17.2 Å². The monoisotopic (exact) mass is 304 g/mol. The first-order valence-electron chi connectivity index (χ1n) is 6.39. The Hall–Kier alpha value is -2.41. The molecule has 4 N–H and O–H groups in total. The summed E-state index contributed by atoms with van der Waals surface area (Å²) < 4.78 is 0. The molecule has 2 rings (SSSR count). The van der Waals surface area contributed by atoms with Crippen LogP contribution in [0.15, 0.2) is 46.4 Å². The maximum atomic E-state index is 12.3. The van der Waals surface area contributed by atoms with Crippen molar-refractivity contribution in [2.75, 3.05) is 6.54 Å². The summed E-state index contributed by atoms with van der Waals surface area (Å²) in [6, 6.07) is 8.98. The molecule has 6 nitrogen and oxygen atoms in total. The third-order valence-electron chi connectivity index (χ3n) is 2.97.